The first-order valence-corrected chi connectivity index (χ1v) is 6.81. The average molecular weight is 245 g/mol. The lowest BCUT2D eigenvalue weighted by Gasteiger charge is -2.35. The molecule has 0 N–H and O–H groups in total. The molecule has 0 aliphatic heterocycles. The van der Waals surface area contributed by atoms with Gasteiger partial charge in [0.15, 0.2) is 0 Å². The van der Waals surface area contributed by atoms with Gasteiger partial charge < -0.3 is 4.90 Å². The lowest BCUT2D eigenvalue weighted by atomic mass is 10.2. The van der Waals surface area contributed by atoms with Crippen LogP contribution in [0.2, 0.25) is 0 Å². The molecule has 104 valence electrons. The van der Waals surface area contributed by atoms with E-state index in [-0.39, 0.29) is 0 Å². The summed E-state index contributed by atoms with van der Waals surface area (Å²) in [4.78, 5) is 10.3. The second-order valence-corrected chi connectivity index (χ2v) is 4.69. The summed E-state index contributed by atoms with van der Waals surface area (Å²) in [5.74, 6) is 0. The lowest BCUT2D eigenvalue weighted by Crippen LogP contribution is -2.46. The van der Waals surface area contributed by atoms with Gasteiger partial charge in [0.1, 0.15) is 0 Å². The van der Waals surface area contributed by atoms with Crippen LogP contribution >= 0.6 is 0 Å². The Morgan fingerprint density at radius 3 is 2.06 bits per heavy atom. The molecule has 1 atom stereocenters. The summed E-state index contributed by atoms with van der Waals surface area (Å²) in [7, 11) is 6.41. The third-order valence-corrected chi connectivity index (χ3v) is 2.98. The van der Waals surface area contributed by atoms with E-state index in [2.05, 4.69) is 49.9 Å². The summed E-state index contributed by atoms with van der Waals surface area (Å²) in [6, 6.07) is 0. The summed E-state index contributed by atoms with van der Waals surface area (Å²) in [5.41, 5.74) is 0. The third kappa shape index (κ3) is 6.99. The van der Waals surface area contributed by atoms with Gasteiger partial charge in [0.25, 0.3) is 0 Å². The van der Waals surface area contributed by atoms with E-state index in [0.29, 0.717) is 6.17 Å². The maximum atomic E-state index is 5.74. The van der Waals surface area contributed by atoms with E-state index >= 15 is 0 Å². The van der Waals surface area contributed by atoms with Crippen LogP contribution < -0.4 is 0 Å². The van der Waals surface area contributed by atoms with Crippen molar-refractivity contribution >= 4 is 0 Å². The molecule has 0 aromatic rings. The first-order chi connectivity index (χ1) is 8.06. The lowest BCUT2D eigenvalue weighted by molar-refractivity contribution is -0.212. The van der Waals surface area contributed by atoms with E-state index in [1.807, 2.05) is 6.92 Å². The van der Waals surface area contributed by atoms with Crippen LogP contribution in [-0.4, -0.2) is 68.4 Å². The zero-order valence-electron chi connectivity index (χ0n) is 12.6. The maximum absolute atomic E-state index is 5.74. The van der Waals surface area contributed by atoms with Crippen molar-refractivity contribution in [2.45, 2.75) is 39.8 Å². The molecule has 0 saturated heterocycles. The zero-order valence-corrected chi connectivity index (χ0v) is 12.6. The van der Waals surface area contributed by atoms with E-state index in [0.717, 1.165) is 39.1 Å². The van der Waals surface area contributed by atoms with Gasteiger partial charge in [-0.05, 0) is 47.5 Å². The fourth-order valence-electron chi connectivity index (χ4n) is 1.84. The van der Waals surface area contributed by atoms with Crippen molar-refractivity contribution in [3.8, 4) is 0 Å². The van der Waals surface area contributed by atoms with Crippen molar-refractivity contribution in [1.29, 1.82) is 0 Å². The minimum absolute atomic E-state index is 0.365. The molecule has 1 unspecified atom stereocenters. The zero-order chi connectivity index (χ0) is 13.3. The highest BCUT2D eigenvalue weighted by atomic mass is 16.7. The van der Waals surface area contributed by atoms with Crippen molar-refractivity contribution in [2.24, 2.45) is 0 Å². The smallest absolute Gasteiger partial charge is 0.0875 e. The van der Waals surface area contributed by atoms with Gasteiger partial charge in [-0.1, -0.05) is 13.8 Å². The fourth-order valence-corrected chi connectivity index (χ4v) is 1.84. The second-order valence-electron chi connectivity index (χ2n) is 4.69. The van der Waals surface area contributed by atoms with Gasteiger partial charge in [-0.15, -0.1) is 0 Å². The Bertz CT molecular complexity index is 170. The van der Waals surface area contributed by atoms with Gasteiger partial charge in [0.05, 0.1) is 12.8 Å². The molecule has 0 aliphatic rings. The molecule has 0 saturated carbocycles. The van der Waals surface area contributed by atoms with Gasteiger partial charge in [-0.3, -0.25) is 9.74 Å². The Kier molecular flexibility index (Phi) is 9.74. The molecule has 0 spiro atoms. The van der Waals surface area contributed by atoms with Crippen LogP contribution in [0.15, 0.2) is 0 Å². The number of rotatable bonds is 10. The average Bonchev–Trinajstić information content (AvgIpc) is 2.29. The van der Waals surface area contributed by atoms with Crippen LogP contribution in [0.5, 0.6) is 0 Å². The first kappa shape index (κ1) is 16.8. The van der Waals surface area contributed by atoms with Crippen LogP contribution in [0.3, 0.4) is 0 Å². The van der Waals surface area contributed by atoms with Crippen molar-refractivity contribution < 1.29 is 4.84 Å². The van der Waals surface area contributed by atoms with Crippen LogP contribution in [-0.2, 0) is 4.84 Å². The maximum Gasteiger partial charge on any atom is 0.0875 e. The Labute approximate surface area is 107 Å². The summed E-state index contributed by atoms with van der Waals surface area (Å²) in [5, 5.41) is 2.13. The molecule has 17 heavy (non-hydrogen) atoms. The van der Waals surface area contributed by atoms with Crippen LogP contribution in [0, 0.1) is 0 Å². The van der Waals surface area contributed by atoms with Gasteiger partial charge in [0.2, 0.25) is 0 Å². The molecule has 4 nitrogen and oxygen atoms in total. The summed E-state index contributed by atoms with van der Waals surface area (Å²) >= 11 is 0. The van der Waals surface area contributed by atoms with Crippen molar-refractivity contribution in [3.05, 3.63) is 0 Å². The van der Waals surface area contributed by atoms with Crippen molar-refractivity contribution in [3.63, 3.8) is 0 Å². The Balaban J connectivity index is 4.34. The van der Waals surface area contributed by atoms with Gasteiger partial charge >= 0.3 is 0 Å². The highest BCUT2D eigenvalue weighted by molar-refractivity contribution is 4.65. The molecular weight excluding hydrogens is 214 g/mol. The molecule has 0 heterocycles. The predicted octanol–water partition coefficient (Wildman–Crippen LogP) is 1.88. The topological polar surface area (TPSA) is 19.0 Å². The standard InChI is InChI=1S/C13H31N3O/c1-7-11-16(17-9-3)13(14(4)5)10-12-15(6)8-2/h13H,7-12H2,1-6H3. The molecular formula is C13H31N3O. The van der Waals surface area contributed by atoms with E-state index in [1.54, 1.807) is 0 Å². The largest absolute Gasteiger partial charge is 0.307 e. The van der Waals surface area contributed by atoms with E-state index in [4.69, 9.17) is 4.84 Å². The number of hydrogen-bond acceptors (Lipinski definition) is 4. The molecule has 0 aromatic heterocycles. The highest BCUT2D eigenvalue weighted by Gasteiger charge is 2.20. The summed E-state index contributed by atoms with van der Waals surface area (Å²) in [6.07, 6.45) is 2.59. The molecule has 0 fully saturated rings. The van der Waals surface area contributed by atoms with Crippen LogP contribution in [0.25, 0.3) is 0 Å². The van der Waals surface area contributed by atoms with E-state index in [1.165, 1.54) is 0 Å². The molecule has 0 amide bonds. The van der Waals surface area contributed by atoms with Gasteiger partial charge in [-0.2, -0.15) is 5.06 Å². The number of hydrogen-bond donors (Lipinski definition) is 0. The molecule has 0 bridgehead atoms. The fraction of sp³-hybridized carbons (Fsp3) is 1.00. The number of hydroxylamine groups is 2. The van der Waals surface area contributed by atoms with Crippen molar-refractivity contribution in [1.82, 2.24) is 14.9 Å². The molecule has 0 radical (unpaired) electrons. The Morgan fingerprint density at radius 2 is 1.65 bits per heavy atom. The first-order valence-electron chi connectivity index (χ1n) is 6.81. The molecule has 0 aromatic carbocycles. The van der Waals surface area contributed by atoms with E-state index < -0.39 is 0 Å². The minimum atomic E-state index is 0.365. The minimum Gasteiger partial charge on any atom is -0.307 e. The van der Waals surface area contributed by atoms with E-state index in [9.17, 15) is 0 Å². The summed E-state index contributed by atoms with van der Waals surface area (Å²) < 4.78 is 0. The predicted molar refractivity (Wildman–Crippen MR) is 73.9 cm³/mol. The molecule has 0 aliphatic carbocycles. The highest BCUT2D eigenvalue weighted by Crippen LogP contribution is 2.09. The Morgan fingerprint density at radius 1 is 1.00 bits per heavy atom. The monoisotopic (exact) mass is 245 g/mol. The summed E-state index contributed by atoms with van der Waals surface area (Å²) in [6.45, 7) is 10.4. The van der Waals surface area contributed by atoms with Gasteiger partial charge in [0, 0.05) is 13.1 Å². The molecule has 4 heteroatoms. The third-order valence-electron chi connectivity index (χ3n) is 2.98. The number of nitrogens with zero attached hydrogens (tertiary/aromatic N) is 3. The SMILES string of the molecule is CCCN(OCC)C(CCN(C)CC)N(C)C. The van der Waals surface area contributed by atoms with Gasteiger partial charge in [-0.25, -0.2) is 0 Å². The van der Waals surface area contributed by atoms with Crippen LogP contribution in [0.4, 0.5) is 0 Å². The second kappa shape index (κ2) is 9.83. The van der Waals surface area contributed by atoms with Crippen molar-refractivity contribution in [2.75, 3.05) is 47.4 Å². The Hall–Kier alpha value is -0.160. The molecule has 0 rings (SSSR count). The quantitative estimate of drug-likeness (QED) is 0.432. The van der Waals surface area contributed by atoms with Crippen LogP contribution in [0.1, 0.15) is 33.6 Å². The normalized spacial score (nSPS) is 13.9.